The molecule has 0 spiro atoms. The predicted molar refractivity (Wildman–Crippen MR) is 113 cm³/mol. The number of anilines is 1. The number of benzene rings is 1. The quantitative estimate of drug-likeness (QED) is 0.811. The minimum Gasteiger partial charge on any atom is -0.355 e. The van der Waals surface area contributed by atoms with Crippen molar-refractivity contribution in [3.63, 3.8) is 0 Å². The third-order valence-corrected chi connectivity index (χ3v) is 5.67. The number of hydrogen-bond acceptors (Lipinski definition) is 6. The van der Waals surface area contributed by atoms with Crippen LogP contribution in [0, 0.1) is 39.0 Å². The molecule has 1 amide bonds. The summed E-state index contributed by atoms with van der Waals surface area (Å²) in [5.74, 6) is 0.784. The molecule has 2 heterocycles. The van der Waals surface area contributed by atoms with Crippen molar-refractivity contribution < 1.29 is 4.79 Å². The smallest absolute Gasteiger partial charge is 0.288 e. The van der Waals surface area contributed by atoms with Gasteiger partial charge in [0.05, 0.1) is 11.6 Å². The Morgan fingerprint density at radius 1 is 1.24 bits per heavy atom. The van der Waals surface area contributed by atoms with Gasteiger partial charge in [-0.1, -0.05) is 0 Å². The van der Waals surface area contributed by atoms with Gasteiger partial charge in [-0.05, 0) is 62.9 Å². The Morgan fingerprint density at radius 3 is 2.55 bits per heavy atom. The van der Waals surface area contributed by atoms with Crippen molar-refractivity contribution in [2.45, 2.75) is 46.7 Å². The first kappa shape index (κ1) is 20.7. The number of aryl methyl sites for hydroxylation is 3. The molecule has 0 aliphatic carbocycles. The van der Waals surface area contributed by atoms with Crippen LogP contribution < -0.4 is 15.5 Å². The van der Waals surface area contributed by atoms with Crippen molar-refractivity contribution in [3.8, 4) is 6.07 Å². The Bertz CT molecular complexity index is 955. The highest BCUT2D eigenvalue weighted by molar-refractivity contribution is 5.90. The molecule has 1 aliphatic heterocycles. The van der Waals surface area contributed by atoms with Gasteiger partial charge in [0.1, 0.15) is 5.82 Å². The molecule has 1 aliphatic rings. The molecule has 2 N–H and O–H groups in total. The summed E-state index contributed by atoms with van der Waals surface area (Å²) in [7, 11) is 1.59. The van der Waals surface area contributed by atoms with Crippen molar-refractivity contribution in [1.82, 2.24) is 20.6 Å². The second-order valence-corrected chi connectivity index (χ2v) is 7.67. The lowest BCUT2D eigenvalue weighted by Crippen LogP contribution is -2.33. The van der Waals surface area contributed by atoms with Gasteiger partial charge >= 0.3 is 0 Å². The molecule has 0 unspecified atom stereocenters. The van der Waals surface area contributed by atoms with Crippen LogP contribution in [0.5, 0.6) is 0 Å². The van der Waals surface area contributed by atoms with Crippen LogP contribution in [0.15, 0.2) is 12.1 Å². The van der Waals surface area contributed by atoms with Crippen molar-refractivity contribution >= 4 is 11.7 Å². The molecule has 1 atom stereocenters. The van der Waals surface area contributed by atoms with Gasteiger partial charge in [-0.2, -0.15) is 5.26 Å². The van der Waals surface area contributed by atoms with Crippen LogP contribution in [0.3, 0.4) is 0 Å². The first-order chi connectivity index (χ1) is 13.8. The molecule has 1 aromatic carbocycles. The molecule has 3 rings (SSSR count). The Balaban J connectivity index is 1.71. The van der Waals surface area contributed by atoms with Crippen LogP contribution in [0.2, 0.25) is 0 Å². The van der Waals surface area contributed by atoms with E-state index in [1.807, 2.05) is 26.0 Å². The van der Waals surface area contributed by atoms with Crippen molar-refractivity contribution in [2.24, 2.45) is 0 Å². The van der Waals surface area contributed by atoms with Gasteiger partial charge in [-0.15, -0.1) is 0 Å². The Morgan fingerprint density at radius 2 is 1.93 bits per heavy atom. The standard InChI is InChI=1S/C22H28N6O/c1-13-8-17(10-23)9-14(2)19(13)11-25-18-6-7-28(12-18)21-15(3)16(4)26-20(27-21)22(29)24-5/h8-9,18,25H,6-7,11-12H2,1-5H3,(H,24,29)/t18-/m1/s1. The number of carbonyl (C=O) groups excluding carboxylic acids is 1. The summed E-state index contributed by atoms with van der Waals surface area (Å²) in [5.41, 5.74) is 6.07. The van der Waals surface area contributed by atoms with E-state index in [4.69, 9.17) is 5.26 Å². The Hall–Kier alpha value is -2.98. The first-order valence-corrected chi connectivity index (χ1v) is 9.90. The zero-order valence-electron chi connectivity index (χ0n) is 17.8. The van der Waals surface area contributed by atoms with E-state index in [0.717, 1.165) is 54.3 Å². The minimum absolute atomic E-state index is 0.214. The Labute approximate surface area is 172 Å². The number of nitrogens with zero attached hydrogens (tertiary/aromatic N) is 4. The van der Waals surface area contributed by atoms with Crippen LogP contribution in [0.4, 0.5) is 5.82 Å². The van der Waals surface area contributed by atoms with E-state index in [1.165, 1.54) is 5.56 Å². The van der Waals surface area contributed by atoms with Gasteiger partial charge in [0.25, 0.3) is 5.91 Å². The zero-order valence-corrected chi connectivity index (χ0v) is 17.8. The number of nitrogens with one attached hydrogen (secondary N) is 2. The molecule has 0 bridgehead atoms. The number of hydrogen-bond donors (Lipinski definition) is 2. The van der Waals surface area contributed by atoms with E-state index in [2.05, 4.69) is 45.4 Å². The molecular formula is C22H28N6O. The fourth-order valence-electron chi connectivity index (χ4n) is 3.84. The molecule has 7 nitrogen and oxygen atoms in total. The molecule has 7 heteroatoms. The van der Waals surface area contributed by atoms with Crippen molar-refractivity contribution in [2.75, 3.05) is 25.0 Å². The maximum absolute atomic E-state index is 12.0. The van der Waals surface area contributed by atoms with Gasteiger partial charge in [-0.3, -0.25) is 4.79 Å². The first-order valence-electron chi connectivity index (χ1n) is 9.90. The van der Waals surface area contributed by atoms with Crippen LogP contribution in [0.1, 0.15) is 50.6 Å². The monoisotopic (exact) mass is 392 g/mol. The maximum Gasteiger partial charge on any atom is 0.288 e. The summed E-state index contributed by atoms with van der Waals surface area (Å²) in [6.07, 6.45) is 1.01. The Kier molecular flexibility index (Phi) is 6.14. The van der Waals surface area contributed by atoms with Crippen LogP contribution in [-0.2, 0) is 6.54 Å². The second-order valence-electron chi connectivity index (χ2n) is 7.67. The fourth-order valence-corrected chi connectivity index (χ4v) is 3.84. The van der Waals surface area contributed by atoms with Gasteiger partial charge in [0, 0.05) is 44.0 Å². The number of nitriles is 1. The van der Waals surface area contributed by atoms with Gasteiger partial charge in [0.2, 0.25) is 5.82 Å². The number of rotatable bonds is 5. The third kappa shape index (κ3) is 4.38. The average molecular weight is 393 g/mol. The highest BCUT2D eigenvalue weighted by Gasteiger charge is 2.26. The van der Waals surface area contributed by atoms with E-state index >= 15 is 0 Å². The molecule has 0 saturated carbocycles. The van der Waals surface area contributed by atoms with E-state index in [0.29, 0.717) is 11.6 Å². The summed E-state index contributed by atoms with van der Waals surface area (Å²) in [6, 6.07) is 6.44. The summed E-state index contributed by atoms with van der Waals surface area (Å²) in [4.78, 5) is 23.1. The van der Waals surface area contributed by atoms with Crippen LogP contribution >= 0.6 is 0 Å². The third-order valence-electron chi connectivity index (χ3n) is 5.67. The van der Waals surface area contributed by atoms with E-state index in [1.54, 1.807) is 7.05 Å². The normalized spacial score (nSPS) is 16.0. The number of aromatic nitrogens is 2. The van der Waals surface area contributed by atoms with Crippen LogP contribution in [0.25, 0.3) is 0 Å². The van der Waals surface area contributed by atoms with E-state index < -0.39 is 0 Å². The summed E-state index contributed by atoms with van der Waals surface area (Å²) >= 11 is 0. The number of carbonyl (C=O) groups is 1. The molecule has 0 radical (unpaired) electrons. The predicted octanol–water partition coefficient (Wildman–Crippen LogP) is 2.31. The maximum atomic E-state index is 12.0. The lowest BCUT2D eigenvalue weighted by atomic mass is 9.99. The average Bonchev–Trinajstić information content (AvgIpc) is 3.17. The molecule has 1 saturated heterocycles. The topological polar surface area (TPSA) is 93.9 Å². The minimum atomic E-state index is -0.269. The van der Waals surface area contributed by atoms with E-state index in [9.17, 15) is 4.79 Å². The molecule has 29 heavy (non-hydrogen) atoms. The van der Waals surface area contributed by atoms with Gasteiger partial charge < -0.3 is 15.5 Å². The van der Waals surface area contributed by atoms with Crippen molar-refractivity contribution in [3.05, 3.63) is 51.5 Å². The van der Waals surface area contributed by atoms with E-state index in [-0.39, 0.29) is 11.7 Å². The van der Waals surface area contributed by atoms with Gasteiger partial charge in [0.15, 0.2) is 0 Å². The SMILES string of the molecule is CNC(=O)c1nc(C)c(C)c(N2CC[C@@H](NCc3c(C)cc(C#N)cc3C)C2)n1. The number of amides is 1. The molecule has 2 aromatic rings. The second kappa shape index (κ2) is 8.58. The summed E-state index contributed by atoms with van der Waals surface area (Å²) in [6.45, 7) is 10.5. The summed E-state index contributed by atoms with van der Waals surface area (Å²) in [5, 5.41) is 15.4. The highest BCUT2D eigenvalue weighted by Crippen LogP contribution is 2.24. The van der Waals surface area contributed by atoms with Gasteiger partial charge in [-0.25, -0.2) is 9.97 Å². The lowest BCUT2D eigenvalue weighted by molar-refractivity contribution is 0.0952. The largest absolute Gasteiger partial charge is 0.355 e. The zero-order chi connectivity index (χ0) is 21.1. The highest BCUT2D eigenvalue weighted by atomic mass is 16.2. The van der Waals surface area contributed by atoms with Crippen molar-refractivity contribution in [1.29, 1.82) is 5.26 Å². The van der Waals surface area contributed by atoms with Crippen LogP contribution in [-0.4, -0.2) is 42.1 Å². The molecule has 152 valence electrons. The molecule has 1 aromatic heterocycles. The fraction of sp³-hybridized carbons (Fsp3) is 0.455. The molecular weight excluding hydrogens is 364 g/mol. The lowest BCUT2D eigenvalue weighted by Gasteiger charge is -2.21. The summed E-state index contributed by atoms with van der Waals surface area (Å²) < 4.78 is 0. The molecule has 1 fully saturated rings.